The Balaban J connectivity index is 0.00000196. The molecule has 0 saturated heterocycles. The monoisotopic (exact) mass is 349 g/mol. The summed E-state index contributed by atoms with van der Waals surface area (Å²) in [4.78, 5) is 15.6. The number of nitrogens with one attached hydrogen (secondary N) is 3. The van der Waals surface area contributed by atoms with Crippen molar-refractivity contribution in [3.05, 3.63) is 47.9 Å². The lowest BCUT2D eigenvalue weighted by Gasteiger charge is -2.20. The van der Waals surface area contributed by atoms with Gasteiger partial charge in [-0.25, -0.2) is 9.97 Å². The van der Waals surface area contributed by atoms with Crippen LogP contribution in [-0.2, 0) is 6.54 Å². The Morgan fingerprint density at radius 3 is 2.65 bits per heavy atom. The summed E-state index contributed by atoms with van der Waals surface area (Å²) in [7, 11) is 0. The number of rotatable bonds is 3. The van der Waals surface area contributed by atoms with Gasteiger partial charge in [-0.05, 0) is 57.5 Å². The van der Waals surface area contributed by atoms with E-state index in [0.29, 0.717) is 0 Å². The molecule has 26 heavy (non-hydrogen) atoms. The molecule has 0 saturated carbocycles. The lowest BCUT2D eigenvalue weighted by atomic mass is 10.1. The molecule has 1 aromatic carbocycles. The van der Waals surface area contributed by atoms with Crippen LogP contribution in [-0.4, -0.2) is 25.5 Å². The first-order chi connectivity index (χ1) is 11.9. The lowest BCUT2D eigenvalue weighted by Crippen LogP contribution is -2.35. The summed E-state index contributed by atoms with van der Waals surface area (Å²) in [5.74, 6) is 0.876. The van der Waals surface area contributed by atoms with Crippen molar-refractivity contribution >= 4 is 22.1 Å². The molecule has 0 aliphatic carbocycles. The highest BCUT2D eigenvalue weighted by atomic mass is 15.0. The average Bonchev–Trinajstić information content (AvgIpc) is 3.13. The fourth-order valence-electron chi connectivity index (χ4n) is 3.06. The second-order valence-corrected chi connectivity index (χ2v) is 7.59. The minimum absolute atomic E-state index is 0. The van der Waals surface area contributed by atoms with Gasteiger partial charge in [0.05, 0.1) is 5.52 Å². The van der Waals surface area contributed by atoms with Crippen LogP contribution in [0.15, 0.2) is 36.5 Å². The van der Waals surface area contributed by atoms with E-state index in [4.69, 9.17) is 0 Å². The van der Waals surface area contributed by atoms with Crippen molar-refractivity contribution < 1.29 is 0 Å². The van der Waals surface area contributed by atoms with E-state index in [9.17, 15) is 0 Å². The molecule has 3 N–H and O–H groups in total. The van der Waals surface area contributed by atoms with E-state index in [2.05, 4.69) is 70.3 Å². The third-order valence-corrected chi connectivity index (χ3v) is 4.31. The Bertz CT molecular complexity index is 1050. The van der Waals surface area contributed by atoms with E-state index in [1.165, 1.54) is 10.9 Å². The van der Waals surface area contributed by atoms with Crippen LogP contribution >= 0.6 is 0 Å². The molecule has 3 heterocycles. The first-order valence-corrected chi connectivity index (χ1v) is 8.57. The van der Waals surface area contributed by atoms with E-state index in [-0.39, 0.29) is 13.0 Å². The zero-order valence-corrected chi connectivity index (χ0v) is 15.1. The predicted octanol–water partition coefficient (Wildman–Crippen LogP) is 4.94. The van der Waals surface area contributed by atoms with Gasteiger partial charge in [-0.15, -0.1) is 0 Å². The normalized spacial score (nSPS) is 11.8. The molecular formula is C21H27N5. The fourth-order valence-corrected chi connectivity index (χ4v) is 3.06. The van der Waals surface area contributed by atoms with Gasteiger partial charge in [-0.1, -0.05) is 13.5 Å². The number of imidazole rings is 1. The van der Waals surface area contributed by atoms with Crippen LogP contribution in [0.4, 0.5) is 0 Å². The molecule has 0 aliphatic rings. The molecule has 136 valence electrons. The third kappa shape index (κ3) is 3.48. The van der Waals surface area contributed by atoms with Crippen molar-refractivity contribution in [2.45, 2.75) is 47.2 Å². The van der Waals surface area contributed by atoms with E-state index in [1.54, 1.807) is 0 Å². The largest absolute Gasteiger partial charge is 0.354 e. The molecule has 5 heteroatoms. The molecular weight excluding hydrogens is 322 g/mol. The number of aromatic nitrogens is 4. The molecule has 0 bridgehead atoms. The maximum absolute atomic E-state index is 4.43. The third-order valence-electron chi connectivity index (χ3n) is 4.31. The van der Waals surface area contributed by atoms with Crippen molar-refractivity contribution in [2.75, 3.05) is 0 Å². The zero-order chi connectivity index (χ0) is 17.6. The summed E-state index contributed by atoms with van der Waals surface area (Å²) in [6.45, 7) is 9.35. The van der Waals surface area contributed by atoms with Gasteiger partial charge in [0.2, 0.25) is 0 Å². The Labute approximate surface area is 154 Å². The Kier molecular flexibility index (Phi) is 4.59. The number of benzene rings is 1. The number of fused-ring (bicyclic) bond motifs is 2. The molecule has 0 atom stereocenters. The topological polar surface area (TPSA) is 69.4 Å². The highest BCUT2D eigenvalue weighted by Gasteiger charge is 2.12. The Hall–Kier alpha value is -2.66. The predicted molar refractivity (Wildman–Crippen MR) is 109 cm³/mol. The quantitative estimate of drug-likeness (QED) is 0.491. The van der Waals surface area contributed by atoms with Crippen LogP contribution in [0.25, 0.3) is 33.3 Å². The van der Waals surface area contributed by atoms with Crippen LogP contribution in [0.3, 0.4) is 0 Å². The maximum Gasteiger partial charge on any atom is 0.178 e. The number of aromatic amines is 2. The second kappa shape index (κ2) is 6.57. The average molecular weight is 349 g/mol. The van der Waals surface area contributed by atoms with E-state index in [1.807, 2.05) is 19.2 Å². The number of aryl methyl sites for hydroxylation is 1. The smallest absolute Gasteiger partial charge is 0.178 e. The summed E-state index contributed by atoms with van der Waals surface area (Å²) < 4.78 is 0. The van der Waals surface area contributed by atoms with Crippen LogP contribution in [0.1, 0.15) is 39.6 Å². The molecule has 4 rings (SSSR count). The minimum atomic E-state index is 0. The summed E-state index contributed by atoms with van der Waals surface area (Å²) in [6.07, 6.45) is 1.81. The summed E-state index contributed by atoms with van der Waals surface area (Å²) in [6, 6.07) is 10.8. The standard InChI is InChI=1S/C20H23N5.CH4/c1-12-23-18-15(7-8-21-19(18)24-12)17-10-14-9-13(5-6-16(14)25-17)11-22-20(2,3)4;/h5-10,22,25H,11H2,1-4H3,(H,21,23,24);1H4. The summed E-state index contributed by atoms with van der Waals surface area (Å²) in [5, 5.41) is 4.75. The van der Waals surface area contributed by atoms with E-state index in [0.717, 1.165) is 40.3 Å². The summed E-state index contributed by atoms with van der Waals surface area (Å²) >= 11 is 0. The van der Waals surface area contributed by atoms with Crippen molar-refractivity contribution in [3.63, 3.8) is 0 Å². The van der Waals surface area contributed by atoms with Crippen LogP contribution in [0, 0.1) is 6.92 Å². The highest BCUT2D eigenvalue weighted by Crippen LogP contribution is 2.29. The van der Waals surface area contributed by atoms with E-state index >= 15 is 0 Å². The second-order valence-electron chi connectivity index (χ2n) is 7.59. The van der Waals surface area contributed by atoms with Crippen molar-refractivity contribution in [3.8, 4) is 11.3 Å². The van der Waals surface area contributed by atoms with Crippen LogP contribution in [0.5, 0.6) is 0 Å². The Morgan fingerprint density at radius 2 is 1.88 bits per heavy atom. The molecule has 0 aliphatic heterocycles. The highest BCUT2D eigenvalue weighted by molar-refractivity contribution is 5.94. The molecule has 4 aromatic rings. The Morgan fingerprint density at radius 1 is 1.08 bits per heavy atom. The van der Waals surface area contributed by atoms with Gasteiger partial charge < -0.3 is 15.3 Å². The van der Waals surface area contributed by atoms with Crippen molar-refractivity contribution in [1.82, 2.24) is 25.3 Å². The fraction of sp³-hybridized carbons (Fsp3) is 0.333. The van der Waals surface area contributed by atoms with Gasteiger partial charge in [0, 0.05) is 40.4 Å². The first-order valence-electron chi connectivity index (χ1n) is 8.57. The molecule has 0 fully saturated rings. The van der Waals surface area contributed by atoms with Crippen LogP contribution in [0.2, 0.25) is 0 Å². The van der Waals surface area contributed by atoms with Gasteiger partial charge in [0.25, 0.3) is 0 Å². The van der Waals surface area contributed by atoms with Crippen molar-refractivity contribution in [1.29, 1.82) is 0 Å². The maximum atomic E-state index is 4.43. The molecule has 3 aromatic heterocycles. The molecule has 5 nitrogen and oxygen atoms in total. The lowest BCUT2D eigenvalue weighted by molar-refractivity contribution is 0.424. The van der Waals surface area contributed by atoms with Gasteiger partial charge in [0.15, 0.2) is 5.65 Å². The van der Waals surface area contributed by atoms with Gasteiger partial charge in [-0.3, -0.25) is 0 Å². The molecule has 0 unspecified atom stereocenters. The number of hydrogen-bond donors (Lipinski definition) is 3. The number of hydrogen-bond acceptors (Lipinski definition) is 3. The van der Waals surface area contributed by atoms with Crippen molar-refractivity contribution in [2.24, 2.45) is 0 Å². The van der Waals surface area contributed by atoms with E-state index < -0.39 is 0 Å². The zero-order valence-electron chi connectivity index (χ0n) is 15.1. The number of nitrogens with zero attached hydrogens (tertiary/aromatic N) is 2. The molecule has 0 spiro atoms. The van der Waals surface area contributed by atoms with Gasteiger partial charge in [0.1, 0.15) is 5.82 Å². The first kappa shape index (κ1) is 18.1. The molecule has 0 amide bonds. The summed E-state index contributed by atoms with van der Waals surface area (Å²) in [5.41, 5.74) is 6.42. The number of pyridine rings is 1. The SMILES string of the molecule is C.Cc1nc2nccc(-c3cc4cc(CNC(C)(C)C)ccc4[nH]3)c2[nH]1. The van der Waals surface area contributed by atoms with Gasteiger partial charge in [-0.2, -0.15) is 0 Å². The van der Waals surface area contributed by atoms with Crippen LogP contribution < -0.4 is 5.32 Å². The minimum Gasteiger partial charge on any atom is -0.354 e. The molecule has 0 radical (unpaired) electrons. The number of H-pyrrole nitrogens is 2. The van der Waals surface area contributed by atoms with Gasteiger partial charge >= 0.3 is 0 Å².